The molecule has 0 spiro atoms. The van der Waals surface area contributed by atoms with Crippen LogP contribution < -0.4 is 20.1 Å². The number of benzene rings is 2. The minimum absolute atomic E-state index is 0.0259. The van der Waals surface area contributed by atoms with Crippen molar-refractivity contribution in [2.24, 2.45) is 5.92 Å². The fraction of sp³-hybridized carbons (Fsp3) is 0.447. The molecule has 0 radical (unpaired) electrons. The average Bonchev–Trinajstić information content (AvgIpc) is 3.63. The normalized spacial score (nSPS) is 26.1. The summed E-state index contributed by atoms with van der Waals surface area (Å²) in [5.74, 6) is -0.415. The zero-order chi connectivity index (χ0) is 36.3. The van der Waals surface area contributed by atoms with E-state index in [4.69, 9.17) is 19.2 Å². The Labute approximate surface area is 301 Å². The Balaban J connectivity index is 1.34. The number of nitrogens with one attached hydrogen (secondary N) is 2. The molecule has 3 aliphatic rings. The number of carbonyl (C=O) groups excluding carboxylic acids is 3. The van der Waals surface area contributed by atoms with Crippen molar-refractivity contribution < 1.29 is 38.5 Å². The number of hydrogen-bond donors (Lipinski definition) is 3. The van der Waals surface area contributed by atoms with Crippen LogP contribution in [0.25, 0.3) is 22.2 Å². The molecule has 51 heavy (non-hydrogen) atoms. The van der Waals surface area contributed by atoms with Gasteiger partial charge in [0.05, 0.1) is 24.9 Å². The van der Waals surface area contributed by atoms with E-state index < -0.39 is 53.2 Å². The van der Waals surface area contributed by atoms with Gasteiger partial charge in [0.2, 0.25) is 11.8 Å². The van der Waals surface area contributed by atoms with Gasteiger partial charge in [-0.15, -0.1) is 0 Å². The van der Waals surface area contributed by atoms with Gasteiger partial charge in [-0.05, 0) is 57.9 Å². The quantitative estimate of drug-likeness (QED) is 0.290. The Kier molecular flexibility index (Phi) is 10.5. The summed E-state index contributed by atoms with van der Waals surface area (Å²) < 4.78 is 17.6. The summed E-state index contributed by atoms with van der Waals surface area (Å²) in [6, 6.07) is 14.9. The molecule has 270 valence electrons. The largest absolute Gasteiger partial charge is 0.497 e. The summed E-state index contributed by atoms with van der Waals surface area (Å²) in [7, 11) is 1.58. The van der Waals surface area contributed by atoms with Crippen LogP contribution in [0.5, 0.6) is 11.5 Å². The first-order chi connectivity index (χ1) is 24.4. The van der Waals surface area contributed by atoms with Crippen LogP contribution in [0.4, 0.5) is 4.79 Å². The monoisotopic (exact) mass is 716 g/mol. The fourth-order valence-corrected chi connectivity index (χ4v) is 7.57. The highest BCUT2D eigenvalue weighted by Gasteiger charge is 2.61. The third kappa shape index (κ3) is 8.24. The maximum atomic E-state index is 14.4. The summed E-state index contributed by atoms with van der Waals surface area (Å²) >= 11 is 1.52. The van der Waals surface area contributed by atoms with Crippen LogP contribution in [0.1, 0.15) is 46.5 Å². The van der Waals surface area contributed by atoms with Crippen LogP contribution in [-0.4, -0.2) is 93.4 Å². The number of thioether (sulfide) groups is 1. The second-order valence-electron chi connectivity index (χ2n) is 14.2. The summed E-state index contributed by atoms with van der Waals surface area (Å²) in [4.78, 5) is 60.2. The lowest BCUT2D eigenvalue weighted by Crippen LogP contribution is -2.57. The molecule has 3 aromatic rings. The minimum Gasteiger partial charge on any atom is -0.497 e. The van der Waals surface area contributed by atoms with Crippen molar-refractivity contribution in [3.8, 4) is 22.8 Å². The Bertz CT molecular complexity index is 1830. The number of methoxy groups -OCH3 is 1. The van der Waals surface area contributed by atoms with E-state index in [1.165, 1.54) is 16.7 Å². The van der Waals surface area contributed by atoms with Crippen molar-refractivity contribution in [3.63, 3.8) is 0 Å². The topological polar surface area (TPSA) is 156 Å². The van der Waals surface area contributed by atoms with Gasteiger partial charge in [-0.25, -0.2) is 14.6 Å². The predicted molar refractivity (Wildman–Crippen MR) is 194 cm³/mol. The second kappa shape index (κ2) is 14.8. The summed E-state index contributed by atoms with van der Waals surface area (Å²) in [6.07, 6.45) is 4.31. The standard InChI is InChI=1S/C38H44N4O8S/c1-37(2,3)50-36(47)40-30-22-51-16-10-6-9-13-24-20-38(24,35(45)46)41-33(43)31-18-26(21-42(31)34(30)44)49-32-19-28(23-11-7-5-8-12-23)39-29-17-25(48-4)14-15-27(29)32/h5,7-9,11-15,17,19,24,26,30-31H,6,10,16,18,20-22H2,1-4H3,(H,40,47)(H,41,43)(H,45,46)/b13-9-/t24?,26-,30+,31+,38-/m1/s1. The molecular formula is C38H44N4O8S. The number of allylic oxidation sites excluding steroid dienone is 1. The SMILES string of the molecule is COc1ccc2c(O[C@@H]3C[C@H]4C(=O)N[C@]5(C(=O)O)CC5/C=C\CCCSC[C@H](NC(=O)OC(C)(C)C)C(=O)N4C3)cc(-c3ccccc3)nc2c1. The van der Waals surface area contributed by atoms with Gasteiger partial charge in [0.25, 0.3) is 0 Å². The molecule has 0 bridgehead atoms. The summed E-state index contributed by atoms with van der Waals surface area (Å²) in [5.41, 5.74) is -0.0510. The van der Waals surface area contributed by atoms with Crippen LogP contribution in [0.15, 0.2) is 66.7 Å². The Morgan fingerprint density at radius 3 is 2.63 bits per heavy atom. The zero-order valence-corrected chi connectivity index (χ0v) is 30.0. The molecule has 1 saturated heterocycles. The Hall–Kier alpha value is -4.78. The van der Waals surface area contributed by atoms with E-state index in [9.17, 15) is 24.3 Å². The van der Waals surface area contributed by atoms with Crippen molar-refractivity contribution in [1.29, 1.82) is 0 Å². The highest BCUT2D eigenvalue weighted by Crippen LogP contribution is 2.45. The van der Waals surface area contributed by atoms with Crippen molar-refractivity contribution in [1.82, 2.24) is 20.5 Å². The van der Waals surface area contributed by atoms with Gasteiger partial charge in [0, 0.05) is 41.2 Å². The molecule has 3 N–H and O–H groups in total. The highest BCUT2D eigenvalue weighted by molar-refractivity contribution is 7.99. The number of pyridine rings is 1. The van der Waals surface area contributed by atoms with Crippen molar-refractivity contribution in [2.45, 2.75) is 75.8 Å². The van der Waals surface area contributed by atoms with E-state index in [0.29, 0.717) is 28.1 Å². The summed E-state index contributed by atoms with van der Waals surface area (Å²) in [5, 5.41) is 16.5. The molecule has 5 atom stereocenters. The maximum Gasteiger partial charge on any atom is 0.408 e. The number of alkyl carbamates (subject to hydrolysis) is 1. The molecule has 1 aromatic heterocycles. The van der Waals surface area contributed by atoms with Crippen molar-refractivity contribution in [3.05, 3.63) is 66.7 Å². The van der Waals surface area contributed by atoms with Gasteiger partial charge < -0.3 is 34.9 Å². The minimum atomic E-state index is -1.45. The molecule has 3 heterocycles. The molecule has 12 nitrogen and oxygen atoms in total. The van der Waals surface area contributed by atoms with Crippen molar-refractivity contribution in [2.75, 3.05) is 25.2 Å². The maximum absolute atomic E-state index is 14.4. The lowest BCUT2D eigenvalue weighted by molar-refractivity contribution is -0.145. The van der Waals surface area contributed by atoms with Gasteiger partial charge >= 0.3 is 12.1 Å². The molecule has 6 rings (SSSR count). The number of carboxylic acids is 1. The number of aromatic nitrogens is 1. The second-order valence-corrected chi connectivity index (χ2v) is 15.3. The van der Waals surface area contributed by atoms with Gasteiger partial charge in [-0.3, -0.25) is 9.59 Å². The molecule has 1 unspecified atom stereocenters. The molecule has 3 amide bonds. The van der Waals surface area contributed by atoms with E-state index in [1.807, 2.05) is 66.7 Å². The van der Waals surface area contributed by atoms with E-state index in [0.717, 1.165) is 24.2 Å². The first-order valence-electron chi connectivity index (χ1n) is 17.2. The molecule has 2 aliphatic heterocycles. The van der Waals surface area contributed by atoms with Gasteiger partial charge in [-0.1, -0.05) is 42.5 Å². The average molecular weight is 717 g/mol. The van der Waals surface area contributed by atoms with E-state index in [-0.39, 0.29) is 31.1 Å². The number of nitrogens with zero attached hydrogens (tertiary/aromatic N) is 2. The Morgan fingerprint density at radius 1 is 1.12 bits per heavy atom. The number of amides is 3. The number of ether oxygens (including phenoxy) is 3. The van der Waals surface area contributed by atoms with Crippen LogP contribution in [-0.2, 0) is 19.1 Å². The fourth-order valence-electron chi connectivity index (χ4n) is 6.57. The number of carboxylic acid groups (broad SMARTS) is 1. The lowest BCUT2D eigenvalue weighted by atomic mass is 10.1. The molecule has 2 fully saturated rings. The van der Waals surface area contributed by atoms with Crippen LogP contribution in [0.3, 0.4) is 0 Å². The molecule has 13 heteroatoms. The number of hydrogen-bond acceptors (Lipinski definition) is 9. The van der Waals surface area contributed by atoms with Gasteiger partial charge in [-0.2, -0.15) is 11.8 Å². The smallest absolute Gasteiger partial charge is 0.408 e. The number of carbonyl (C=O) groups is 4. The number of rotatable bonds is 6. The van der Waals surface area contributed by atoms with E-state index in [2.05, 4.69) is 10.6 Å². The summed E-state index contributed by atoms with van der Waals surface area (Å²) in [6.45, 7) is 5.24. The Morgan fingerprint density at radius 2 is 1.90 bits per heavy atom. The molecule has 2 aromatic carbocycles. The number of fused-ring (bicyclic) bond motifs is 3. The van der Waals surface area contributed by atoms with E-state index in [1.54, 1.807) is 27.9 Å². The number of aliphatic carboxylic acids is 1. The van der Waals surface area contributed by atoms with E-state index >= 15 is 0 Å². The third-order valence-corrected chi connectivity index (χ3v) is 10.4. The van der Waals surface area contributed by atoms with Crippen LogP contribution >= 0.6 is 11.8 Å². The molecule has 1 saturated carbocycles. The lowest BCUT2D eigenvalue weighted by Gasteiger charge is -2.30. The highest BCUT2D eigenvalue weighted by atomic mass is 32.2. The first-order valence-corrected chi connectivity index (χ1v) is 18.3. The third-order valence-electron chi connectivity index (χ3n) is 9.23. The zero-order valence-electron chi connectivity index (χ0n) is 29.2. The first kappa shape index (κ1) is 36.0. The molecular weight excluding hydrogens is 673 g/mol. The van der Waals surface area contributed by atoms with Gasteiger partial charge in [0.1, 0.15) is 40.8 Å². The van der Waals surface area contributed by atoms with Crippen LogP contribution in [0.2, 0.25) is 0 Å². The van der Waals surface area contributed by atoms with Crippen molar-refractivity contribution >= 4 is 46.5 Å². The predicted octanol–water partition coefficient (Wildman–Crippen LogP) is 5.19. The van der Waals surface area contributed by atoms with Gasteiger partial charge in [0.15, 0.2) is 0 Å². The molecule has 1 aliphatic carbocycles. The van der Waals surface area contributed by atoms with Crippen LogP contribution in [0, 0.1) is 5.92 Å².